The SMILES string of the molecule is NC(CCCl)=NS(N)(=O)=O.O=[N+]([O-])O. The van der Waals surface area contributed by atoms with Crippen molar-refractivity contribution in [3.63, 3.8) is 0 Å². The van der Waals surface area contributed by atoms with Gasteiger partial charge in [0.25, 0.3) is 5.09 Å². The first-order chi connectivity index (χ1) is 6.19. The van der Waals surface area contributed by atoms with Gasteiger partial charge in [0.05, 0.1) is 0 Å². The van der Waals surface area contributed by atoms with E-state index in [1.807, 2.05) is 0 Å². The quantitative estimate of drug-likeness (QED) is 0.187. The van der Waals surface area contributed by atoms with Crippen molar-refractivity contribution in [1.29, 1.82) is 0 Å². The number of hydrogen-bond donors (Lipinski definition) is 3. The second-order valence-electron chi connectivity index (χ2n) is 1.77. The Morgan fingerprint density at radius 1 is 1.64 bits per heavy atom. The van der Waals surface area contributed by atoms with Crippen LogP contribution >= 0.6 is 11.6 Å². The normalized spacial score (nSPS) is 11.4. The molecule has 0 radical (unpaired) electrons. The minimum atomic E-state index is -3.84. The predicted octanol–water partition coefficient (Wildman–Crippen LogP) is -1.17. The fourth-order valence-electron chi connectivity index (χ4n) is 0.306. The standard InChI is InChI=1S/C3H8ClN3O2S.HNO3/c4-2-1-3(5)7-10(6,8)9;2-1(3)4/h1-2H2,(H2,5,7)(H2,6,8,9);(H,2,3,4). The molecule has 5 N–H and O–H groups in total. The van der Waals surface area contributed by atoms with Crippen molar-refractivity contribution >= 4 is 27.6 Å². The monoisotopic (exact) mass is 248 g/mol. The van der Waals surface area contributed by atoms with E-state index in [-0.39, 0.29) is 18.1 Å². The van der Waals surface area contributed by atoms with E-state index in [1.165, 1.54) is 0 Å². The van der Waals surface area contributed by atoms with Gasteiger partial charge in [0, 0.05) is 12.3 Å². The topological polar surface area (TPSA) is 162 Å². The van der Waals surface area contributed by atoms with Gasteiger partial charge in [-0.15, -0.1) is 26.1 Å². The van der Waals surface area contributed by atoms with E-state index in [0.717, 1.165) is 0 Å². The molecule has 11 heteroatoms. The summed E-state index contributed by atoms with van der Waals surface area (Å²) < 4.78 is 23.3. The van der Waals surface area contributed by atoms with Crippen molar-refractivity contribution in [3.05, 3.63) is 10.1 Å². The van der Waals surface area contributed by atoms with Crippen LogP contribution in [0.15, 0.2) is 4.40 Å². The molecule has 14 heavy (non-hydrogen) atoms. The fraction of sp³-hybridized carbons (Fsp3) is 0.667. The first-order valence-corrected chi connectivity index (χ1v) is 4.99. The van der Waals surface area contributed by atoms with Crippen molar-refractivity contribution in [1.82, 2.24) is 0 Å². The molecular formula is C3H9ClN4O5S. The lowest BCUT2D eigenvalue weighted by atomic mass is 10.5. The number of alkyl halides is 1. The van der Waals surface area contributed by atoms with Crippen LogP contribution in [-0.2, 0) is 10.2 Å². The molecule has 0 aliphatic rings. The molecule has 0 rings (SSSR count). The van der Waals surface area contributed by atoms with E-state index in [9.17, 15) is 8.42 Å². The molecule has 0 amide bonds. The number of nitrogens with zero attached hydrogens (tertiary/aromatic N) is 2. The Morgan fingerprint density at radius 2 is 2.00 bits per heavy atom. The summed E-state index contributed by atoms with van der Waals surface area (Å²) in [5, 5.41) is 18.2. The first kappa shape index (κ1) is 15.3. The average molecular weight is 249 g/mol. The molecule has 0 aromatic rings. The van der Waals surface area contributed by atoms with Gasteiger partial charge in [0.2, 0.25) is 0 Å². The van der Waals surface area contributed by atoms with Crippen LogP contribution in [0.3, 0.4) is 0 Å². The molecule has 0 aliphatic heterocycles. The third-order valence-electron chi connectivity index (χ3n) is 0.595. The third kappa shape index (κ3) is 22.4. The Morgan fingerprint density at radius 3 is 2.21 bits per heavy atom. The lowest BCUT2D eigenvalue weighted by molar-refractivity contribution is -0.742. The van der Waals surface area contributed by atoms with Crippen LogP contribution in [0.2, 0.25) is 0 Å². The van der Waals surface area contributed by atoms with E-state index in [2.05, 4.69) is 9.54 Å². The lowest BCUT2D eigenvalue weighted by Gasteiger charge is -1.92. The summed E-state index contributed by atoms with van der Waals surface area (Å²) in [5.74, 6) is 0.155. The van der Waals surface area contributed by atoms with Crippen LogP contribution in [0.1, 0.15) is 6.42 Å². The average Bonchev–Trinajstić information content (AvgIpc) is 1.80. The molecule has 0 aliphatic carbocycles. The van der Waals surface area contributed by atoms with Crippen molar-refractivity contribution in [2.45, 2.75) is 6.42 Å². The van der Waals surface area contributed by atoms with Crippen molar-refractivity contribution in [2.75, 3.05) is 5.88 Å². The van der Waals surface area contributed by atoms with Crippen molar-refractivity contribution in [2.24, 2.45) is 15.3 Å². The molecule has 0 atom stereocenters. The van der Waals surface area contributed by atoms with E-state index in [0.29, 0.717) is 0 Å². The molecule has 0 spiro atoms. The number of amidine groups is 1. The number of halogens is 1. The highest BCUT2D eigenvalue weighted by atomic mass is 35.5. The summed E-state index contributed by atoms with van der Waals surface area (Å²) in [4.78, 5) is 8.36. The summed E-state index contributed by atoms with van der Waals surface area (Å²) in [6.45, 7) is 0. The maximum atomic E-state index is 10.2. The molecular weight excluding hydrogens is 240 g/mol. The van der Waals surface area contributed by atoms with Crippen LogP contribution in [0.4, 0.5) is 0 Å². The van der Waals surface area contributed by atoms with Gasteiger partial charge in [-0.2, -0.15) is 8.42 Å². The summed E-state index contributed by atoms with van der Waals surface area (Å²) >= 11 is 5.23. The zero-order valence-corrected chi connectivity index (χ0v) is 8.40. The molecule has 0 aromatic carbocycles. The van der Waals surface area contributed by atoms with Gasteiger partial charge in [-0.05, 0) is 0 Å². The fourth-order valence-corrected chi connectivity index (χ4v) is 0.918. The Balaban J connectivity index is 0. The van der Waals surface area contributed by atoms with Crippen LogP contribution in [-0.4, -0.2) is 30.4 Å². The number of hydrogen-bond acceptors (Lipinski definition) is 4. The zero-order valence-electron chi connectivity index (χ0n) is 6.83. The molecule has 0 saturated carbocycles. The zero-order chi connectivity index (χ0) is 11.8. The Bertz CT molecular complexity index is 296. The smallest absolute Gasteiger partial charge is 0.318 e. The first-order valence-electron chi connectivity index (χ1n) is 2.95. The highest BCUT2D eigenvalue weighted by Gasteiger charge is 1.98. The Labute approximate surface area is 84.7 Å². The number of nitrogens with two attached hydrogens (primary N) is 2. The minimum absolute atomic E-state index is 0.0718. The van der Waals surface area contributed by atoms with E-state index >= 15 is 0 Å². The minimum Gasteiger partial charge on any atom is -0.386 e. The molecule has 0 saturated heterocycles. The van der Waals surface area contributed by atoms with Gasteiger partial charge in [-0.3, -0.25) is 0 Å². The molecule has 0 fully saturated rings. The van der Waals surface area contributed by atoms with Gasteiger partial charge in [-0.1, -0.05) is 0 Å². The summed E-state index contributed by atoms with van der Waals surface area (Å²) in [7, 11) is -3.84. The largest absolute Gasteiger partial charge is 0.386 e. The highest BCUT2D eigenvalue weighted by molar-refractivity contribution is 7.88. The van der Waals surface area contributed by atoms with Gasteiger partial charge in [-0.25, -0.2) is 5.14 Å². The van der Waals surface area contributed by atoms with E-state index in [4.69, 9.17) is 32.7 Å². The summed E-state index contributed by atoms with van der Waals surface area (Å²) in [5.41, 5.74) is 5.08. The third-order valence-corrected chi connectivity index (χ3v) is 1.27. The van der Waals surface area contributed by atoms with Crippen LogP contribution in [0.25, 0.3) is 0 Å². The molecule has 9 nitrogen and oxygen atoms in total. The second-order valence-corrected chi connectivity index (χ2v) is 3.36. The van der Waals surface area contributed by atoms with Crippen LogP contribution in [0, 0.1) is 10.1 Å². The van der Waals surface area contributed by atoms with E-state index in [1.54, 1.807) is 0 Å². The summed E-state index contributed by atoms with van der Waals surface area (Å²) in [6, 6.07) is 0. The summed E-state index contributed by atoms with van der Waals surface area (Å²) in [6.07, 6.45) is 0.220. The van der Waals surface area contributed by atoms with Crippen LogP contribution in [0.5, 0.6) is 0 Å². The maximum absolute atomic E-state index is 10.2. The lowest BCUT2D eigenvalue weighted by Crippen LogP contribution is -2.18. The van der Waals surface area contributed by atoms with Crippen LogP contribution < -0.4 is 10.9 Å². The van der Waals surface area contributed by atoms with Crippen molar-refractivity contribution < 1.29 is 18.7 Å². The molecule has 84 valence electrons. The van der Waals surface area contributed by atoms with Gasteiger partial charge in [0.15, 0.2) is 0 Å². The number of rotatable bonds is 3. The second kappa shape index (κ2) is 7.29. The molecule has 0 unspecified atom stereocenters. The van der Waals surface area contributed by atoms with Gasteiger partial charge in [0.1, 0.15) is 5.84 Å². The Hall–Kier alpha value is -1.13. The molecule has 0 heterocycles. The highest BCUT2D eigenvalue weighted by Crippen LogP contribution is 1.87. The van der Waals surface area contributed by atoms with Gasteiger partial charge < -0.3 is 10.9 Å². The Kier molecular flexibility index (Phi) is 7.99. The molecule has 0 bridgehead atoms. The molecule has 0 aromatic heterocycles. The predicted molar refractivity (Wildman–Crippen MR) is 48.8 cm³/mol. The van der Waals surface area contributed by atoms with Crippen molar-refractivity contribution in [3.8, 4) is 0 Å². The maximum Gasteiger partial charge on any atom is 0.318 e. The van der Waals surface area contributed by atoms with E-state index < -0.39 is 15.3 Å². The van der Waals surface area contributed by atoms with Gasteiger partial charge >= 0.3 is 10.2 Å².